The molecular formula is C16H23N3O3. The quantitative estimate of drug-likeness (QED) is 0.841. The molecule has 1 aromatic rings. The summed E-state index contributed by atoms with van der Waals surface area (Å²) in [6, 6.07) is 6.86. The second-order valence-electron chi connectivity index (χ2n) is 5.39. The van der Waals surface area contributed by atoms with Crippen LogP contribution in [-0.2, 0) is 4.74 Å². The lowest BCUT2D eigenvalue weighted by atomic mass is 10.1. The highest BCUT2D eigenvalue weighted by Crippen LogP contribution is 2.12. The van der Waals surface area contributed by atoms with Gasteiger partial charge in [-0.25, -0.2) is 4.79 Å². The van der Waals surface area contributed by atoms with Crippen molar-refractivity contribution < 1.29 is 14.3 Å². The highest BCUT2D eigenvalue weighted by Gasteiger charge is 2.20. The highest BCUT2D eigenvalue weighted by molar-refractivity contribution is 5.95. The van der Waals surface area contributed by atoms with E-state index in [0.29, 0.717) is 30.9 Å². The standard InChI is InChI=1S/C16H23N3O3/c1-13(20)14-3-5-15(6-4-14)17-16(21)19-9-7-18(8-10-19)11-12-22-2/h3-6H,7-12H2,1-2H3,(H,17,21). The minimum absolute atomic E-state index is 0.0186. The Kier molecular flexibility index (Phi) is 5.91. The van der Waals surface area contributed by atoms with E-state index < -0.39 is 0 Å². The van der Waals surface area contributed by atoms with Crippen molar-refractivity contribution in [1.29, 1.82) is 0 Å². The van der Waals surface area contributed by atoms with Crippen molar-refractivity contribution in [2.45, 2.75) is 6.92 Å². The zero-order chi connectivity index (χ0) is 15.9. The van der Waals surface area contributed by atoms with Gasteiger partial charge in [0.1, 0.15) is 0 Å². The van der Waals surface area contributed by atoms with E-state index in [0.717, 1.165) is 19.6 Å². The molecule has 1 N–H and O–H groups in total. The number of amides is 2. The van der Waals surface area contributed by atoms with Crippen LogP contribution in [0.3, 0.4) is 0 Å². The summed E-state index contributed by atoms with van der Waals surface area (Å²) in [7, 11) is 1.70. The molecule has 0 atom stereocenters. The summed E-state index contributed by atoms with van der Waals surface area (Å²) in [5.74, 6) is 0.0186. The Hall–Kier alpha value is -1.92. The van der Waals surface area contributed by atoms with Crippen LogP contribution in [0.2, 0.25) is 0 Å². The van der Waals surface area contributed by atoms with E-state index in [4.69, 9.17) is 4.74 Å². The van der Waals surface area contributed by atoms with Crippen molar-refractivity contribution in [2.75, 3.05) is 51.8 Å². The van der Waals surface area contributed by atoms with Crippen LogP contribution >= 0.6 is 0 Å². The van der Waals surface area contributed by atoms with Crippen molar-refractivity contribution in [3.63, 3.8) is 0 Å². The monoisotopic (exact) mass is 305 g/mol. The molecule has 1 heterocycles. The minimum Gasteiger partial charge on any atom is -0.383 e. The highest BCUT2D eigenvalue weighted by atomic mass is 16.5. The maximum absolute atomic E-state index is 12.2. The van der Waals surface area contributed by atoms with Gasteiger partial charge in [-0.1, -0.05) is 0 Å². The van der Waals surface area contributed by atoms with E-state index in [1.54, 1.807) is 31.4 Å². The van der Waals surface area contributed by atoms with Gasteiger partial charge in [0.25, 0.3) is 0 Å². The van der Waals surface area contributed by atoms with Gasteiger partial charge < -0.3 is 15.0 Å². The molecule has 1 aliphatic rings. The molecule has 0 aromatic heterocycles. The summed E-state index contributed by atoms with van der Waals surface area (Å²) in [5, 5.41) is 2.87. The van der Waals surface area contributed by atoms with E-state index in [1.165, 1.54) is 6.92 Å². The number of carbonyl (C=O) groups is 2. The van der Waals surface area contributed by atoms with Gasteiger partial charge in [-0.05, 0) is 31.2 Å². The third-order valence-corrected chi connectivity index (χ3v) is 3.81. The number of piperazine rings is 1. The Balaban J connectivity index is 1.81. The Labute approximate surface area is 131 Å². The van der Waals surface area contributed by atoms with Crippen LogP contribution in [0.15, 0.2) is 24.3 Å². The Bertz CT molecular complexity index is 508. The lowest BCUT2D eigenvalue weighted by Gasteiger charge is -2.34. The van der Waals surface area contributed by atoms with E-state index in [2.05, 4.69) is 10.2 Å². The molecule has 2 rings (SSSR count). The van der Waals surface area contributed by atoms with E-state index in [-0.39, 0.29) is 11.8 Å². The van der Waals surface area contributed by atoms with Gasteiger partial charge in [-0.15, -0.1) is 0 Å². The number of hydrogen-bond acceptors (Lipinski definition) is 4. The number of ether oxygens (including phenoxy) is 1. The van der Waals surface area contributed by atoms with Crippen molar-refractivity contribution in [1.82, 2.24) is 9.80 Å². The van der Waals surface area contributed by atoms with Crippen LogP contribution < -0.4 is 5.32 Å². The van der Waals surface area contributed by atoms with Crippen molar-refractivity contribution in [2.24, 2.45) is 0 Å². The third kappa shape index (κ3) is 4.54. The SMILES string of the molecule is COCCN1CCN(C(=O)Nc2ccc(C(C)=O)cc2)CC1. The summed E-state index contributed by atoms with van der Waals surface area (Å²) in [6.07, 6.45) is 0. The molecule has 0 radical (unpaired) electrons. The first kappa shape index (κ1) is 16.5. The summed E-state index contributed by atoms with van der Waals surface area (Å²) < 4.78 is 5.07. The normalized spacial score (nSPS) is 15.6. The minimum atomic E-state index is -0.0954. The number of methoxy groups -OCH3 is 1. The number of Topliss-reactive ketones (excluding diaryl/α,β-unsaturated/α-hetero) is 1. The molecule has 1 saturated heterocycles. The fraction of sp³-hybridized carbons (Fsp3) is 0.500. The molecule has 0 spiro atoms. The van der Waals surface area contributed by atoms with Gasteiger partial charge >= 0.3 is 6.03 Å². The molecule has 6 nitrogen and oxygen atoms in total. The Morgan fingerprint density at radius 2 is 1.77 bits per heavy atom. The van der Waals surface area contributed by atoms with Gasteiger partial charge in [0.05, 0.1) is 6.61 Å². The van der Waals surface area contributed by atoms with Crippen LogP contribution in [0.4, 0.5) is 10.5 Å². The zero-order valence-electron chi connectivity index (χ0n) is 13.2. The van der Waals surface area contributed by atoms with Crippen molar-refractivity contribution in [3.8, 4) is 0 Å². The predicted octanol–water partition coefficient (Wildman–Crippen LogP) is 1.69. The van der Waals surface area contributed by atoms with Crippen LogP contribution in [-0.4, -0.2) is 68.1 Å². The molecule has 2 amide bonds. The molecule has 1 aliphatic heterocycles. The van der Waals surface area contributed by atoms with Crippen molar-refractivity contribution in [3.05, 3.63) is 29.8 Å². The van der Waals surface area contributed by atoms with Crippen LogP contribution in [0.1, 0.15) is 17.3 Å². The average Bonchev–Trinajstić information content (AvgIpc) is 2.54. The number of nitrogens with zero attached hydrogens (tertiary/aromatic N) is 2. The second kappa shape index (κ2) is 7.91. The molecule has 0 aliphatic carbocycles. The lowest BCUT2D eigenvalue weighted by molar-refractivity contribution is 0.101. The molecule has 1 aromatic carbocycles. The molecule has 1 fully saturated rings. The van der Waals surface area contributed by atoms with Gasteiger partial charge in [0, 0.05) is 51.1 Å². The van der Waals surface area contributed by atoms with Gasteiger partial charge in [0.15, 0.2) is 5.78 Å². The molecule has 0 unspecified atom stereocenters. The molecule has 0 saturated carbocycles. The Morgan fingerprint density at radius 1 is 1.14 bits per heavy atom. The molecule has 22 heavy (non-hydrogen) atoms. The van der Waals surface area contributed by atoms with Gasteiger partial charge in [-0.2, -0.15) is 0 Å². The summed E-state index contributed by atoms with van der Waals surface area (Å²) in [6.45, 7) is 6.28. The molecule has 0 bridgehead atoms. The van der Waals surface area contributed by atoms with E-state index in [9.17, 15) is 9.59 Å². The molecular weight excluding hydrogens is 282 g/mol. The number of ketones is 1. The first-order valence-corrected chi connectivity index (χ1v) is 7.48. The zero-order valence-corrected chi connectivity index (χ0v) is 13.2. The number of rotatable bonds is 5. The molecule has 6 heteroatoms. The number of anilines is 1. The maximum atomic E-state index is 12.2. The first-order valence-electron chi connectivity index (χ1n) is 7.48. The fourth-order valence-corrected chi connectivity index (χ4v) is 2.39. The van der Waals surface area contributed by atoms with E-state index >= 15 is 0 Å². The van der Waals surface area contributed by atoms with E-state index in [1.807, 2.05) is 4.90 Å². The van der Waals surface area contributed by atoms with Crippen LogP contribution in [0, 0.1) is 0 Å². The summed E-state index contributed by atoms with van der Waals surface area (Å²) >= 11 is 0. The second-order valence-corrected chi connectivity index (χ2v) is 5.39. The lowest BCUT2D eigenvalue weighted by Crippen LogP contribution is -2.50. The number of nitrogens with one attached hydrogen (secondary N) is 1. The number of benzene rings is 1. The van der Waals surface area contributed by atoms with Crippen molar-refractivity contribution >= 4 is 17.5 Å². The largest absolute Gasteiger partial charge is 0.383 e. The third-order valence-electron chi connectivity index (χ3n) is 3.81. The predicted molar refractivity (Wildman–Crippen MR) is 85.4 cm³/mol. The topological polar surface area (TPSA) is 61.9 Å². The average molecular weight is 305 g/mol. The van der Waals surface area contributed by atoms with Crippen LogP contribution in [0.25, 0.3) is 0 Å². The van der Waals surface area contributed by atoms with Crippen LogP contribution in [0.5, 0.6) is 0 Å². The van der Waals surface area contributed by atoms with Gasteiger partial charge in [-0.3, -0.25) is 9.69 Å². The van der Waals surface area contributed by atoms with Gasteiger partial charge in [0.2, 0.25) is 0 Å². The molecule has 120 valence electrons. The first-order chi connectivity index (χ1) is 10.6. The Morgan fingerprint density at radius 3 is 2.32 bits per heavy atom. The number of urea groups is 1. The number of hydrogen-bond donors (Lipinski definition) is 1. The number of carbonyl (C=O) groups excluding carboxylic acids is 2. The summed E-state index contributed by atoms with van der Waals surface area (Å²) in [4.78, 5) is 27.5. The summed E-state index contributed by atoms with van der Waals surface area (Å²) in [5.41, 5.74) is 1.35. The maximum Gasteiger partial charge on any atom is 0.321 e. The smallest absolute Gasteiger partial charge is 0.321 e. The fourth-order valence-electron chi connectivity index (χ4n) is 2.39.